The fourth-order valence-electron chi connectivity index (χ4n) is 9.65. The summed E-state index contributed by atoms with van der Waals surface area (Å²) >= 11 is 0. The molecule has 1 amide bonds. The van der Waals surface area contributed by atoms with Gasteiger partial charge in [0.25, 0.3) is 0 Å². The molecule has 10 nitrogen and oxygen atoms in total. The lowest BCUT2D eigenvalue weighted by Gasteiger charge is -2.40. The Hall–Kier alpha value is -1.63. The van der Waals surface area contributed by atoms with Crippen molar-refractivity contribution >= 4 is 5.91 Å². The van der Waals surface area contributed by atoms with Crippen molar-refractivity contribution in [3.8, 4) is 0 Å². The second-order valence-electron chi connectivity index (χ2n) is 21.3. The molecule has 0 saturated carbocycles. The Morgan fingerprint density at radius 3 is 1.23 bits per heavy atom. The van der Waals surface area contributed by atoms with Gasteiger partial charge in [0.05, 0.1) is 25.4 Å². The highest BCUT2D eigenvalue weighted by atomic mass is 16.7. The van der Waals surface area contributed by atoms with Gasteiger partial charge in [-0.15, -0.1) is 0 Å². The Bertz CT molecular complexity index is 1230. The second-order valence-corrected chi connectivity index (χ2v) is 21.3. The van der Waals surface area contributed by atoms with Crippen molar-refractivity contribution in [2.75, 3.05) is 13.2 Å². The summed E-state index contributed by atoms with van der Waals surface area (Å²) < 4.78 is 11.2. The number of aliphatic hydroxyl groups excluding tert-OH is 6. The van der Waals surface area contributed by atoms with Gasteiger partial charge >= 0.3 is 0 Å². The average molecular weight is 1010 g/mol. The first-order valence-corrected chi connectivity index (χ1v) is 30.3. The minimum atomic E-state index is -1.62. The lowest BCUT2D eigenvalue weighted by atomic mass is 9.99. The lowest BCUT2D eigenvalue weighted by molar-refractivity contribution is -0.302. The molecule has 10 heteroatoms. The van der Waals surface area contributed by atoms with Crippen LogP contribution in [0.5, 0.6) is 0 Å². The number of carbonyl (C=O) groups is 1. The first kappa shape index (κ1) is 67.4. The van der Waals surface area contributed by atoms with Crippen LogP contribution in [0.2, 0.25) is 0 Å². The van der Waals surface area contributed by atoms with Crippen LogP contribution in [0.4, 0.5) is 0 Å². The second kappa shape index (κ2) is 50.5. The summed E-state index contributed by atoms with van der Waals surface area (Å²) in [6.45, 7) is 3.62. The van der Waals surface area contributed by atoms with Gasteiger partial charge < -0.3 is 45.4 Å². The largest absolute Gasteiger partial charge is 0.394 e. The smallest absolute Gasteiger partial charge is 0.249 e. The zero-order valence-electron chi connectivity index (χ0n) is 46.1. The summed E-state index contributed by atoms with van der Waals surface area (Å²) in [5.74, 6) is -0.623. The molecule has 0 radical (unpaired) electrons. The van der Waals surface area contributed by atoms with E-state index in [0.29, 0.717) is 19.3 Å². The minimum absolute atomic E-state index is 0.305. The van der Waals surface area contributed by atoms with Gasteiger partial charge in [0.1, 0.15) is 30.5 Å². The molecule has 0 aromatic rings. The standard InChI is InChI=1S/C61H115NO9/c1-3-5-7-9-11-13-15-17-19-21-22-23-24-25-26-27-28-29-30-31-32-33-34-36-38-40-42-44-46-48-50-55(65)60(69)62-53(52-70-61-59(68)58(67)57(66)56(51-63)71-61)54(64)49-47-45-43-41-39-37-35-20-18-16-14-12-10-8-6-4-2/h25-26,39,41,47,49,53-59,61,63-68H,3-24,27-38,40,42-46,48,50-52H2,1-2H3,(H,62,69)/b26-25-,41-39+,49-47+. The van der Waals surface area contributed by atoms with Crippen molar-refractivity contribution in [1.82, 2.24) is 5.32 Å². The first-order valence-electron chi connectivity index (χ1n) is 30.3. The van der Waals surface area contributed by atoms with Crippen LogP contribution >= 0.6 is 0 Å². The predicted octanol–water partition coefficient (Wildman–Crippen LogP) is 14.1. The highest BCUT2D eigenvalue weighted by Gasteiger charge is 2.44. The zero-order chi connectivity index (χ0) is 51.7. The van der Waals surface area contributed by atoms with Crippen LogP contribution in [0.1, 0.15) is 284 Å². The summed E-state index contributed by atoms with van der Waals surface area (Å²) in [5.41, 5.74) is 0. The van der Waals surface area contributed by atoms with E-state index in [9.17, 15) is 35.4 Å². The van der Waals surface area contributed by atoms with E-state index < -0.39 is 61.5 Å². The van der Waals surface area contributed by atoms with Gasteiger partial charge in [-0.05, 0) is 57.8 Å². The summed E-state index contributed by atoms with van der Waals surface area (Å²) in [6.07, 6.45) is 55.5. The van der Waals surface area contributed by atoms with E-state index in [0.717, 1.165) is 32.1 Å². The minimum Gasteiger partial charge on any atom is -0.394 e. The van der Waals surface area contributed by atoms with Gasteiger partial charge in [0.15, 0.2) is 6.29 Å². The molecular weight excluding hydrogens is 891 g/mol. The fraction of sp³-hybridized carbons (Fsp3) is 0.885. The van der Waals surface area contributed by atoms with Crippen molar-refractivity contribution in [2.24, 2.45) is 0 Å². The van der Waals surface area contributed by atoms with E-state index >= 15 is 0 Å². The van der Waals surface area contributed by atoms with Gasteiger partial charge in [0.2, 0.25) is 5.91 Å². The summed E-state index contributed by atoms with van der Waals surface area (Å²) in [4.78, 5) is 13.1. The molecule has 418 valence electrons. The Balaban J connectivity index is 2.20. The maximum Gasteiger partial charge on any atom is 0.249 e. The zero-order valence-corrected chi connectivity index (χ0v) is 46.1. The number of allylic oxidation sites excluding steroid dienone is 5. The number of unbranched alkanes of at least 4 members (excludes halogenated alkanes) is 37. The Labute approximate surface area is 436 Å². The van der Waals surface area contributed by atoms with Crippen molar-refractivity contribution in [3.05, 3.63) is 36.5 Å². The molecule has 1 saturated heterocycles. The van der Waals surface area contributed by atoms with Crippen LogP contribution in [-0.2, 0) is 14.3 Å². The molecule has 0 aliphatic carbocycles. The molecule has 0 aromatic carbocycles. The van der Waals surface area contributed by atoms with E-state index in [1.54, 1.807) is 6.08 Å². The van der Waals surface area contributed by atoms with E-state index in [2.05, 4.69) is 43.5 Å². The quantitative estimate of drug-likeness (QED) is 0.0232. The predicted molar refractivity (Wildman–Crippen MR) is 296 cm³/mol. The summed E-state index contributed by atoms with van der Waals surface area (Å²) in [6, 6.07) is -0.997. The Morgan fingerprint density at radius 1 is 0.479 bits per heavy atom. The highest BCUT2D eigenvalue weighted by molar-refractivity contribution is 5.80. The fourth-order valence-corrected chi connectivity index (χ4v) is 9.65. The van der Waals surface area contributed by atoms with E-state index in [1.165, 1.54) is 218 Å². The third kappa shape index (κ3) is 39.5. The highest BCUT2D eigenvalue weighted by Crippen LogP contribution is 2.23. The van der Waals surface area contributed by atoms with Gasteiger partial charge in [-0.3, -0.25) is 4.79 Å². The molecule has 7 N–H and O–H groups in total. The number of hydrogen-bond acceptors (Lipinski definition) is 9. The molecule has 1 aliphatic heterocycles. The number of rotatable bonds is 52. The van der Waals surface area contributed by atoms with Crippen molar-refractivity contribution in [3.63, 3.8) is 0 Å². The van der Waals surface area contributed by atoms with Crippen molar-refractivity contribution in [2.45, 2.75) is 332 Å². The third-order valence-electron chi connectivity index (χ3n) is 14.5. The Kier molecular flexibility index (Phi) is 48.0. The number of hydrogen-bond donors (Lipinski definition) is 7. The monoisotopic (exact) mass is 1010 g/mol. The van der Waals surface area contributed by atoms with E-state index in [-0.39, 0.29) is 6.61 Å². The molecule has 1 fully saturated rings. The van der Waals surface area contributed by atoms with Gasteiger partial charge in [-0.25, -0.2) is 0 Å². The topological polar surface area (TPSA) is 169 Å². The van der Waals surface area contributed by atoms with Crippen molar-refractivity contribution < 1.29 is 44.9 Å². The molecule has 1 heterocycles. The molecule has 1 aliphatic rings. The van der Waals surface area contributed by atoms with Crippen LogP contribution < -0.4 is 5.32 Å². The normalized spacial score (nSPS) is 19.9. The molecule has 0 aromatic heterocycles. The average Bonchev–Trinajstić information content (AvgIpc) is 3.37. The molecule has 0 spiro atoms. The number of nitrogens with one attached hydrogen (secondary N) is 1. The van der Waals surface area contributed by atoms with Gasteiger partial charge in [0, 0.05) is 0 Å². The molecule has 1 rings (SSSR count). The van der Waals surface area contributed by atoms with Crippen LogP contribution in [0.3, 0.4) is 0 Å². The molecule has 8 atom stereocenters. The van der Waals surface area contributed by atoms with Gasteiger partial charge in [-0.2, -0.15) is 0 Å². The maximum atomic E-state index is 13.1. The summed E-state index contributed by atoms with van der Waals surface area (Å²) in [7, 11) is 0. The Morgan fingerprint density at radius 2 is 0.831 bits per heavy atom. The summed E-state index contributed by atoms with van der Waals surface area (Å²) in [5, 5.41) is 65.0. The number of amides is 1. The molecule has 8 unspecified atom stereocenters. The first-order chi connectivity index (χ1) is 34.8. The van der Waals surface area contributed by atoms with Gasteiger partial charge in [-0.1, -0.05) is 262 Å². The number of aliphatic hydroxyl groups is 6. The van der Waals surface area contributed by atoms with Crippen LogP contribution in [-0.4, -0.2) is 98.7 Å². The van der Waals surface area contributed by atoms with Crippen LogP contribution in [0, 0.1) is 0 Å². The third-order valence-corrected chi connectivity index (χ3v) is 14.5. The van der Waals surface area contributed by atoms with Crippen LogP contribution in [0.15, 0.2) is 36.5 Å². The van der Waals surface area contributed by atoms with Crippen LogP contribution in [0.25, 0.3) is 0 Å². The molecular formula is C61H115NO9. The maximum absolute atomic E-state index is 13.1. The SMILES string of the molecule is CCCCCCCCCCCC/C=C/CC/C=C/C(O)C(COC1OC(CO)C(O)C(O)C1O)NC(=O)C(O)CCCCCCCCCCCCCCCC/C=C\CCCCCCCCCCCCCC. The molecule has 0 bridgehead atoms. The molecule has 71 heavy (non-hydrogen) atoms. The number of ether oxygens (including phenoxy) is 2. The van der Waals surface area contributed by atoms with E-state index in [1.807, 2.05) is 6.08 Å². The van der Waals surface area contributed by atoms with Crippen molar-refractivity contribution in [1.29, 1.82) is 0 Å². The van der Waals surface area contributed by atoms with E-state index in [4.69, 9.17) is 9.47 Å². The lowest BCUT2D eigenvalue weighted by Crippen LogP contribution is -2.60. The number of carbonyl (C=O) groups excluding carboxylic acids is 1.